The number of nitrogens with one attached hydrogen (secondary N) is 1. The van der Waals surface area contributed by atoms with Crippen LogP contribution in [-0.4, -0.2) is 36.1 Å². The highest BCUT2D eigenvalue weighted by Crippen LogP contribution is 2.27. The van der Waals surface area contributed by atoms with Crippen LogP contribution >= 0.6 is 0 Å². The molecule has 1 fully saturated rings. The molecule has 1 aromatic heterocycles. The van der Waals surface area contributed by atoms with Crippen molar-refractivity contribution < 1.29 is 13.9 Å². The van der Waals surface area contributed by atoms with Gasteiger partial charge in [0.1, 0.15) is 17.4 Å². The lowest BCUT2D eigenvalue weighted by Crippen LogP contribution is -2.41. The number of rotatable bonds is 5. The number of methoxy groups -OCH3 is 1. The Kier molecular flexibility index (Phi) is 5.88. The number of carbonyl (C=O) groups excluding carboxylic acids is 1. The predicted molar refractivity (Wildman–Crippen MR) is 114 cm³/mol. The van der Waals surface area contributed by atoms with Crippen molar-refractivity contribution in [3.63, 3.8) is 0 Å². The van der Waals surface area contributed by atoms with Crippen molar-refractivity contribution in [3.05, 3.63) is 66.6 Å². The number of para-hydroxylation sites is 2. The summed E-state index contributed by atoms with van der Waals surface area (Å²) < 4.78 is 18.5. The van der Waals surface area contributed by atoms with Crippen LogP contribution in [0.4, 0.5) is 15.9 Å². The summed E-state index contributed by atoms with van der Waals surface area (Å²) in [5.41, 5.74) is 1.42. The number of piperidine rings is 1. The number of hydrogen-bond donors (Lipinski definition) is 1. The monoisotopic (exact) mass is 406 g/mol. The molecule has 30 heavy (non-hydrogen) atoms. The highest BCUT2D eigenvalue weighted by atomic mass is 19.1. The van der Waals surface area contributed by atoms with E-state index >= 15 is 0 Å². The summed E-state index contributed by atoms with van der Waals surface area (Å²) in [6, 6.07) is 15.3. The molecule has 1 aliphatic heterocycles. The van der Waals surface area contributed by atoms with Crippen molar-refractivity contribution in [1.82, 2.24) is 9.97 Å². The van der Waals surface area contributed by atoms with E-state index < -0.39 is 0 Å². The lowest BCUT2D eigenvalue weighted by Gasteiger charge is -2.33. The second kappa shape index (κ2) is 8.90. The molecule has 1 amide bonds. The first-order valence-electron chi connectivity index (χ1n) is 9.92. The molecule has 1 N–H and O–H groups in total. The zero-order valence-corrected chi connectivity index (χ0v) is 16.7. The molecule has 154 valence electrons. The second-order valence-electron chi connectivity index (χ2n) is 7.22. The Bertz CT molecular complexity index is 1030. The first kappa shape index (κ1) is 19.8. The largest absolute Gasteiger partial charge is 0.495 e. The molecule has 0 spiro atoms. The summed E-state index contributed by atoms with van der Waals surface area (Å²) in [6.07, 6.45) is 3.40. The number of anilines is 2. The Morgan fingerprint density at radius 1 is 1.17 bits per heavy atom. The zero-order valence-electron chi connectivity index (χ0n) is 16.7. The van der Waals surface area contributed by atoms with Crippen LogP contribution in [0.3, 0.4) is 0 Å². The van der Waals surface area contributed by atoms with Gasteiger partial charge in [0.05, 0.1) is 18.7 Å². The topological polar surface area (TPSA) is 67.3 Å². The van der Waals surface area contributed by atoms with Crippen LogP contribution in [0.1, 0.15) is 12.8 Å². The lowest BCUT2D eigenvalue weighted by atomic mass is 9.97. The molecule has 0 aliphatic carbocycles. The molecule has 0 saturated carbocycles. The fourth-order valence-electron chi connectivity index (χ4n) is 3.65. The summed E-state index contributed by atoms with van der Waals surface area (Å²) in [5, 5.41) is 2.99. The molecular weight excluding hydrogens is 383 g/mol. The summed E-state index contributed by atoms with van der Waals surface area (Å²) in [4.78, 5) is 23.9. The number of halogens is 1. The lowest BCUT2D eigenvalue weighted by molar-refractivity contribution is -0.120. The van der Waals surface area contributed by atoms with E-state index in [0.717, 1.165) is 30.8 Å². The number of amides is 1. The van der Waals surface area contributed by atoms with Gasteiger partial charge in [0, 0.05) is 24.8 Å². The molecule has 6 nitrogen and oxygen atoms in total. The Morgan fingerprint density at radius 3 is 2.77 bits per heavy atom. The molecule has 2 heterocycles. The summed E-state index contributed by atoms with van der Waals surface area (Å²) >= 11 is 0. The maximum Gasteiger partial charge on any atom is 0.229 e. The number of aromatic nitrogens is 2. The maximum absolute atomic E-state index is 13.2. The van der Waals surface area contributed by atoms with Gasteiger partial charge in [0.2, 0.25) is 5.91 Å². The third-order valence-corrected chi connectivity index (χ3v) is 5.22. The van der Waals surface area contributed by atoms with Gasteiger partial charge in [-0.25, -0.2) is 14.4 Å². The van der Waals surface area contributed by atoms with Gasteiger partial charge in [0.25, 0.3) is 0 Å². The van der Waals surface area contributed by atoms with Crippen molar-refractivity contribution in [2.24, 2.45) is 5.92 Å². The van der Waals surface area contributed by atoms with Crippen LogP contribution in [0.5, 0.6) is 5.75 Å². The Hall–Kier alpha value is -3.48. The maximum atomic E-state index is 13.2. The van der Waals surface area contributed by atoms with Crippen LogP contribution in [-0.2, 0) is 4.79 Å². The van der Waals surface area contributed by atoms with Crippen LogP contribution < -0.4 is 15.0 Å². The third-order valence-electron chi connectivity index (χ3n) is 5.22. The Morgan fingerprint density at radius 2 is 1.97 bits per heavy atom. The van der Waals surface area contributed by atoms with E-state index in [1.807, 2.05) is 30.3 Å². The normalized spacial score (nSPS) is 16.2. The number of ether oxygens (including phenoxy) is 1. The van der Waals surface area contributed by atoms with Gasteiger partial charge in [-0.15, -0.1) is 0 Å². The average molecular weight is 406 g/mol. The van der Waals surface area contributed by atoms with Gasteiger partial charge in [-0.3, -0.25) is 4.79 Å². The molecule has 3 aromatic rings. The standard InChI is InChI=1S/C23H23FN4O2/c1-30-20-7-3-2-6-19(20)26-23(29)17-5-4-14-28(15-17)21-12-13-25-22(27-21)16-8-10-18(24)11-9-16/h2-3,6-13,17H,4-5,14-15H2,1H3,(H,26,29)/t17-/m1/s1. The molecule has 1 atom stereocenters. The predicted octanol–water partition coefficient (Wildman–Crippen LogP) is 4.15. The Balaban J connectivity index is 1.48. The fourth-order valence-corrected chi connectivity index (χ4v) is 3.65. The average Bonchev–Trinajstić information content (AvgIpc) is 2.80. The number of hydrogen-bond acceptors (Lipinski definition) is 5. The SMILES string of the molecule is COc1ccccc1NC(=O)[C@@H]1CCCN(c2ccnc(-c3ccc(F)cc3)n2)C1. The molecule has 0 radical (unpaired) electrons. The van der Waals surface area contributed by atoms with Gasteiger partial charge in [0.15, 0.2) is 5.82 Å². The van der Waals surface area contributed by atoms with E-state index in [-0.39, 0.29) is 17.6 Å². The molecule has 1 aliphatic rings. The number of benzene rings is 2. The van der Waals surface area contributed by atoms with Gasteiger partial charge in [-0.05, 0) is 55.3 Å². The molecule has 0 unspecified atom stereocenters. The van der Waals surface area contributed by atoms with Crippen LogP contribution in [0, 0.1) is 11.7 Å². The third kappa shape index (κ3) is 4.40. The summed E-state index contributed by atoms with van der Waals surface area (Å²) in [6.45, 7) is 1.39. The van der Waals surface area contributed by atoms with Crippen LogP contribution in [0.2, 0.25) is 0 Å². The van der Waals surface area contributed by atoms with Crippen molar-refractivity contribution in [1.29, 1.82) is 0 Å². The van der Waals surface area contributed by atoms with Crippen molar-refractivity contribution in [2.75, 3.05) is 30.4 Å². The molecule has 1 saturated heterocycles. The zero-order chi connectivity index (χ0) is 20.9. The quantitative estimate of drug-likeness (QED) is 0.690. The number of nitrogens with zero attached hydrogens (tertiary/aromatic N) is 3. The van der Waals surface area contributed by atoms with E-state index in [9.17, 15) is 9.18 Å². The molecule has 2 aromatic carbocycles. The minimum absolute atomic E-state index is 0.0305. The van der Waals surface area contributed by atoms with E-state index in [2.05, 4.69) is 20.2 Å². The first-order chi connectivity index (χ1) is 14.6. The fraction of sp³-hybridized carbons (Fsp3) is 0.261. The van der Waals surface area contributed by atoms with E-state index in [0.29, 0.717) is 23.8 Å². The van der Waals surface area contributed by atoms with Gasteiger partial charge >= 0.3 is 0 Å². The van der Waals surface area contributed by atoms with Crippen molar-refractivity contribution >= 4 is 17.4 Å². The summed E-state index contributed by atoms with van der Waals surface area (Å²) in [5.74, 6) is 1.45. The summed E-state index contributed by atoms with van der Waals surface area (Å²) in [7, 11) is 1.58. The van der Waals surface area contributed by atoms with Crippen molar-refractivity contribution in [2.45, 2.75) is 12.8 Å². The van der Waals surface area contributed by atoms with Gasteiger partial charge in [-0.1, -0.05) is 12.1 Å². The Labute approximate surface area is 174 Å². The molecule has 0 bridgehead atoms. The van der Waals surface area contributed by atoms with Gasteiger partial charge < -0.3 is 15.0 Å². The van der Waals surface area contributed by atoms with Crippen LogP contribution in [0.15, 0.2) is 60.8 Å². The molecule has 4 rings (SSSR count). The minimum Gasteiger partial charge on any atom is -0.495 e. The highest BCUT2D eigenvalue weighted by molar-refractivity contribution is 5.94. The van der Waals surface area contributed by atoms with Gasteiger partial charge in [-0.2, -0.15) is 0 Å². The highest BCUT2D eigenvalue weighted by Gasteiger charge is 2.27. The second-order valence-corrected chi connectivity index (χ2v) is 7.22. The molecule has 7 heteroatoms. The van der Waals surface area contributed by atoms with E-state index in [1.165, 1.54) is 12.1 Å². The first-order valence-corrected chi connectivity index (χ1v) is 9.92. The smallest absolute Gasteiger partial charge is 0.229 e. The van der Waals surface area contributed by atoms with Crippen LogP contribution in [0.25, 0.3) is 11.4 Å². The minimum atomic E-state index is -0.296. The van der Waals surface area contributed by atoms with Crippen molar-refractivity contribution in [3.8, 4) is 17.1 Å². The van der Waals surface area contributed by atoms with E-state index in [1.54, 1.807) is 25.4 Å². The van der Waals surface area contributed by atoms with E-state index in [4.69, 9.17) is 4.74 Å². The number of carbonyl (C=O) groups is 1. The molecular formula is C23H23FN4O2.